The molecule has 1 heterocycles. The van der Waals surface area contributed by atoms with Gasteiger partial charge in [0, 0.05) is 31.4 Å². The van der Waals surface area contributed by atoms with E-state index >= 15 is 0 Å². The average molecular weight is 174 g/mol. The SMILES string of the molecule is C#CCCN[C@H](C)c1cccnc1. The topological polar surface area (TPSA) is 24.9 Å². The van der Waals surface area contributed by atoms with Gasteiger partial charge in [0.25, 0.3) is 0 Å². The van der Waals surface area contributed by atoms with Crippen LogP contribution in [0.25, 0.3) is 0 Å². The fourth-order valence-electron chi connectivity index (χ4n) is 1.11. The highest BCUT2D eigenvalue weighted by atomic mass is 14.9. The minimum atomic E-state index is 0.321. The second-order valence-electron chi connectivity index (χ2n) is 2.92. The number of rotatable bonds is 4. The average Bonchev–Trinajstić information content (AvgIpc) is 2.19. The second kappa shape index (κ2) is 5.34. The maximum Gasteiger partial charge on any atom is 0.0315 e. The zero-order valence-corrected chi connectivity index (χ0v) is 7.83. The van der Waals surface area contributed by atoms with Gasteiger partial charge in [-0.25, -0.2) is 0 Å². The number of pyridine rings is 1. The van der Waals surface area contributed by atoms with E-state index in [9.17, 15) is 0 Å². The van der Waals surface area contributed by atoms with Crippen molar-refractivity contribution in [2.24, 2.45) is 0 Å². The Bertz CT molecular complexity index is 274. The summed E-state index contributed by atoms with van der Waals surface area (Å²) < 4.78 is 0. The normalized spacial score (nSPS) is 12.0. The molecule has 0 amide bonds. The quantitative estimate of drug-likeness (QED) is 0.555. The molecule has 0 aromatic carbocycles. The Kier molecular flexibility index (Phi) is 4.01. The maximum absolute atomic E-state index is 5.15. The van der Waals surface area contributed by atoms with Gasteiger partial charge in [-0.2, -0.15) is 0 Å². The lowest BCUT2D eigenvalue weighted by molar-refractivity contribution is 0.582. The van der Waals surface area contributed by atoms with Crippen molar-refractivity contribution >= 4 is 0 Å². The molecule has 1 N–H and O–H groups in total. The van der Waals surface area contributed by atoms with Crippen molar-refractivity contribution in [3.05, 3.63) is 30.1 Å². The zero-order valence-electron chi connectivity index (χ0n) is 7.83. The van der Waals surface area contributed by atoms with E-state index in [2.05, 4.69) is 29.2 Å². The molecule has 68 valence electrons. The van der Waals surface area contributed by atoms with E-state index in [0.29, 0.717) is 6.04 Å². The Hall–Kier alpha value is -1.33. The first kappa shape index (κ1) is 9.76. The minimum Gasteiger partial charge on any atom is -0.309 e. The first-order valence-electron chi connectivity index (χ1n) is 4.41. The summed E-state index contributed by atoms with van der Waals surface area (Å²) in [6, 6.07) is 4.32. The third-order valence-electron chi connectivity index (χ3n) is 1.90. The van der Waals surface area contributed by atoms with Crippen LogP contribution in [0, 0.1) is 12.3 Å². The molecule has 1 aromatic rings. The number of hydrogen-bond donors (Lipinski definition) is 1. The Morgan fingerprint density at radius 1 is 1.69 bits per heavy atom. The molecule has 0 saturated carbocycles. The van der Waals surface area contributed by atoms with Crippen molar-refractivity contribution in [3.8, 4) is 12.3 Å². The van der Waals surface area contributed by atoms with E-state index < -0.39 is 0 Å². The Labute approximate surface area is 79.4 Å². The van der Waals surface area contributed by atoms with Gasteiger partial charge >= 0.3 is 0 Å². The summed E-state index contributed by atoms with van der Waals surface area (Å²) in [4.78, 5) is 4.05. The van der Waals surface area contributed by atoms with Gasteiger partial charge in [-0.15, -0.1) is 12.3 Å². The lowest BCUT2D eigenvalue weighted by atomic mass is 10.1. The molecule has 0 radical (unpaired) electrons. The van der Waals surface area contributed by atoms with Gasteiger partial charge in [0.15, 0.2) is 0 Å². The van der Waals surface area contributed by atoms with Crippen molar-refractivity contribution in [3.63, 3.8) is 0 Å². The van der Waals surface area contributed by atoms with E-state index in [0.717, 1.165) is 13.0 Å². The number of terminal acetylenes is 1. The highest BCUT2D eigenvalue weighted by molar-refractivity contribution is 5.12. The van der Waals surface area contributed by atoms with Crippen LogP contribution < -0.4 is 5.32 Å². The molecule has 0 saturated heterocycles. The fraction of sp³-hybridized carbons (Fsp3) is 0.364. The molecule has 2 nitrogen and oxygen atoms in total. The maximum atomic E-state index is 5.15. The van der Waals surface area contributed by atoms with E-state index in [-0.39, 0.29) is 0 Å². The number of aromatic nitrogens is 1. The Morgan fingerprint density at radius 2 is 2.54 bits per heavy atom. The summed E-state index contributed by atoms with van der Waals surface area (Å²) in [7, 11) is 0. The standard InChI is InChI=1S/C11H14N2/c1-3-4-8-13-10(2)11-6-5-7-12-9-11/h1,5-7,9-10,13H,4,8H2,2H3/t10-/m1/s1. The van der Waals surface area contributed by atoms with Crippen LogP contribution in [0.4, 0.5) is 0 Å². The molecule has 0 unspecified atom stereocenters. The summed E-state index contributed by atoms with van der Waals surface area (Å²) >= 11 is 0. The van der Waals surface area contributed by atoms with E-state index in [1.807, 2.05) is 12.3 Å². The van der Waals surface area contributed by atoms with Crippen molar-refractivity contribution in [2.45, 2.75) is 19.4 Å². The smallest absolute Gasteiger partial charge is 0.0315 e. The predicted molar refractivity (Wildman–Crippen MR) is 54.1 cm³/mol. The molecule has 0 aliphatic rings. The van der Waals surface area contributed by atoms with Gasteiger partial charge in [0.05, 0.1) is 0 Å². The first-order valence-corrected chi connectivity index (χ1v) is 4.41. The summed E-state index contributed by atoms with van der Waals surface area (Å²) in [6.45, 7) is 2.96. The molecule has 0 aliphatic carbocycles. The van der Waals surface area contributed by atoms with Crippen LogP contribution in [0.2, 0.25) is 0 Å². The summed E-state index contributed by atoms with van der Waals surface area (Å²) in [5.74, 6) is 2.60. The first-order chi connectivity index (χ1) is 6.34. The fourth-order valence-corrected chi connectivity index (χ4v) is 1.11. The van der Waals surface area contributed by atoms with Gasteiger partial charge in [-0.1, -0.05) is 6.07 Å². The van der Waals surface area contributed by atoms with Crippen LogP contribution in [-0.4, -0.2) is 11.5 Å². The molecule has 1 aromatic heterocycles. The molecular weight excluding hydrogens is 160 g/mol. The molecule has 0 bridgehead atoms. The highest BCUT2D eigenvalue weighted by Crippen LogP contribution is 2.08. The summed E-state index contributed by atoms with van der Waals surface area (Å²) in [5, 5.41) is 3.32. The van der Waals surface area contributed by atoms with E-state index in [1.165, 1.54) is 5.56 Å². The van der Waals surface area contributed by atoms with Crippen molar-refractivity contribution in [1.82, 2.24) is 10.3 Å². The third-order valence-corrected chi connectivity index (χ3v) is 1.90. The largest absolute Gasteiger partial charge is 0.309 e. The lowest BCUT2D eigenvalue weighted by Crippen LogP contribution is -2.19. The molecule has 0 fully saturated rings. The van der Waals surface area contributed by atoms with Gasteiger partial charge in [0.1, 0.15) is 0 Å². The number of nitrogens with zero attached hydrogens (tertiary/aromatic N) is 1. The van der Waals surface area contributed by atoms with Crippen LogP contribution in [0.3, 0.4) is 0 Å². The minimum absolute atomic E-state index is 0.321. The van der Waals surface area contributed by atoms with Crippen LogP contribution in [-0.2, 0) is 0 Å². The summed E-state index contributed by atoms with van der Waals surface area (Å²) in [6.07, 6.45) is 9.56. The van der Waals surface area contributed by atoms with E-state index in [1.54, 1.807) is 6.20 Å². The molecule has 1 atom stereocenters. The van der Waals surface area contributed by atoms with Crippen LogP contribution >= 0.6 is 0 Å². The molecule has 1 rings (SSSR count). The Balaban J connectivity index is 2.41. The number of nitrogens with one attached hydrogen (secondary N) is 1. The van der Waals surface area contributed by atoms with Gasteiger partial charge in [-0.3, -0.25) is 4.98 Å². The highest BCUT2D eigenvalue weighted by Gasteiger charge is 2.02. The molecule has 0 aliphatic heterocycles. The van der Waals surface area contributed by atoms with Crippen molar-refractivity contribution < 1.29 is 0 Å². The Morgan fingerprint density at radius 3 is 3.15 bits per heavy atom. The monoisotopic (exact) mass is 174 g/mol. The molecule has 13 heavy (non-hydrogen) atoms. The predicted octanol–water partition coefficient (Wildman–Crippen LogP) is 1.76. The molecular formula is C11H14N2. The van der Waals surface area contributed by atoms with Gasteiger partial charge in [0.2, 0.25) is 0 Å². The van der Waals surface area contributed by atoms with Crippen LogP contribution in [0.5, 0.6) is 0 Å². The van der Waals surface area contributed by atoms with Crippen LogP contribution in [0.1, 0.15) is 24.9 Å². The van der Waals surface area contributed by atoms with Crippen molar-refractivity contribution in [2.75, 3.05) is 6.54 Å². The van der Waals surface area contributed by atoms with Gasteiger partial charge < -0.3 is 5.32 Å². The van der Waals surface area contributed by atoms with Crippen molar-refractivity contribution in [1.29, 1.82) is 0 Å². The summed E-state index contributed by atoms with van der Waals surface area (Å²) in [5.41, 5.74) is 1.19. The number of hydrogen-bond acceptors (Lipinski definition) is 2. The molecule has 2 heteroatoms. The van der Waals surface area contributed by atoms with Gasteiger partial charge in [-0.05, 0) is 18.6 Å². The second-order valence-corrected chi connectivity index (χ2v) is 2.92. The van der Waals surface area contributed by atoms with Crippen LogP contribution in [0.15, 0.2) is 24.5 Å². The van der Waals surface area contributed by atoms with E-state index in [4.69, 9.17) is 6.42 Å². The third kappa shape index (κ3) is 3.27. The molecule has 0 spiro atoms. The lowest BCUT2D eigenvalue weighted by Gasteiger charge is -2.12. The zero-order chi connectivity index (χ0) is 9.52.